The molecule has 132 valence electrons. The molecule has 6 nitrogen and oxygen atoms in total. The number of likely N-dealkylation sites (tertiary alicyclic amines) is 1. The van der Waals surface area contributed by atoms with Gasteiger partial charge in [0.2, 0.25) is 17.7 Å². The maximum Gasteiger partial charge on any atom is 0.246 e. The lowest BCUT2D eigenvalue weighted by Gasteiger charge is -2.16. The molecule has 2 heterocycles. The fourth-order valence-electron chi connectivity index (χ4n) is 4.37. The Morgan fingerprint density at radius 1 is 1.23 bits per heavy atom. The van der Waals surface area contributed by atoms with Crippen LogP contribution >= 0.6 is 11.3 Å². The second-order valence-corrected chi connectivity index (χ2v) is 7.97. The van der Waals surface area contributed by atoms with Gasteiger partial charge in [-0.3, -0.25) is 19.3 Å². The molecule has 1 N–H and O–H groups in total. The van der Waals surface area contributed by atoms with Gasteiger partial charge in [0.25, 0.3) is 0 Å². The summed E-state index contributed by atoms with van der Waals surface area (Å²) in [6.07, 6.45) is 4.89. The van der Waals surface area contributed by atoms with Gasteiger partial charge < -0.3 is 5.32 Å². The Labute approximate surface area is 151 Å². The number of carbonyl (C=O) groups is 3. The average Bonchev–Trinajstić information content (AvgIpc) is 3.34. The fourth-order valence-corrected chi connectivity index (χ4v) is 5.28. The number of amides is 3. The average molecular weight is 371 g/mol. The summed E-state index contributed by atoms with van der Waals surface area (Å²) in [5.74, 6) is -1.74. The van der Waals surface area contributed by atoms with E-state index in [4.69, 9.17) is 0 Å². The molecule has 8 heteroatoms. The van der Waals surface area contributed by atoms with Crippen molar-refractivity contribution in [3.05, 3.63) is 36.2 Å². The van der Waals surface area contributed by atoms with Crippen molar-refractivity contribution in [3.63, 3.8) is 0 Å². The van der Waals surface area contributed by atoms with Gasteiger partial charge in [0.1, 0.15) is 12.4 Å². The van der Waals surface area contributed by atoms with E-state index in [0.29, 0.717) is 15.3 Å². The van der Waals surface area contributed by atoms with Gasteiger partial charge in [0, 0.05) is 0 Å². The van der Waals surface area contributed by atoms with E-state index in [2.05, 4.69) is 10.3 Å². The smallest absolute Gasteiger partial charge is 0.246 e. The molecule has 5 rings (SSSR count). The number of nitrogens with zero attached hydrogens (tertiary/aromatic N) is 2. The second-order valence-electron chi connectivity index (χ2n) is 6.94. The molecule has 1 aromatic heterocycles. The molecule has 2 aliphatic carbocycles. The number of rotatable bonds is 3. The third-order valence-electron chi connectivity index (χ3n) is 5.46. The minimum absolute atomic E-state index is 0.119. The molecule has 1 aliphatic heterocycles. The van der Waals surface area contributed by atoms with Gasteiger partial charge in [0.05, 0.1) is 22.1 Å². The molecule has 0 spiro atoms. The molecular weight excluding hydrogens is 357 g/mol. The number of hydrogen-bond acceptors (Lipinski definition) is 5. The predicted octanol–water partition coefficient (Wildman–Crippen LogP) is 2.18. The Bertz CT molecular complexity index is 971. The zero-order chi connectivity index (χ0) is 18.0. The standard InChI is InChI=1S/C18H14FN3O3S/c19-10-3-4-11-12(6-10)26-18(20-11)21-13(23)7-22-16(24)14-8-1-2-9(5-8)15(14)17(22)25/h1-4,6,8-9,14-15H,5,7H2,(H,20,21,23)/t8-,9-,14-,15+/m0/s1. The molecule has 1 aromatic carbocycles. The number of hydrogen-bond donors (Lipinski definition) is 1. The first-order chi connectivity index (χ1) is 12.5. The number of thiazole rings is 1. The van der Waals surface area contributed by atoms with Crippen molar-refractivity contribution in [2.75, 3.05) is 11.9 Å². The molecule has 3 amide bonds. The third kappa shape index (κ3) is 2.21. The van der Waals surface area contributed by atoms with E-state index in [1.54, 1.807) is 0 Å². The molecule has 4 atom stereocenters. The second kappa shape index (κ2) is 5.44. The Morgan fingerprint density at radius 2 is 1.92 bits per heavy atom. The lowest BCUT2D eigenvalue weighted by molar-refractivity contribution is -0.143. The zero-order valence-electron chi connectivity index (χ0n) is 13.5. The Hall–Kier alpha value is -2.61. The van der Waals surface area contributed by atoms with E-state index in [-0.39, 0.29) is 47.8 Å². The quantitative estimate of drug-likeness (QED) is 0.663. The highest BCUT2D eigenvalue weighted by Gasteiger charge is 2.59. The van der Waals surface area contributed by atoms with Crippen molar-refractivity contribution in [2.24, 2.45) is 23.7 Å². The van der Waals surface area contributed by atoms with Crippen LogP contribution in [-0.2, 0) is 14.4 Å². The zero-order valence-corrected chi connectivity index (χ0v) is 14.3. The number of carbonyl (C=O) groups excluding carboxylic acids is 3. The van der Waals surface area contributed by atoms with E-state index in [9.17, 15) is 18.8 Å². The van der Waals surface area contributed by atoms with Crippen LogP contribution in [0.1, 0.15) is 6.42 Å². The molecule has 26 heavy (non-hydrogen) atoms. The summed E-state index contributed by atoms with van der Waals surface area (Å²) >= 11 is 1.15. The molecule has 2 bridgehead atoms. The predicted molar refractivity (Wildman–Crippen MR) is 92.6 cm³/mol. The number of anilines is 1. The van der Waals surface area contributed by atoms with E-state index in [0.717, 1.165) is 22.7 Å². The number of nitrogens with one attached hydrogen (secondary N) is 1. The van der Waals surface area contributed by atoms with Crippen molar-refractivity contribution in [3.8, 4) is 0 Å². The van der Waals surface area contributed by atoms with Crippen LogP contribution in [0, 0.1) is 29.5 Å². The first-order valence-corrected chi connectivity index (χ1v) is 9.22. The minimum atomic E-state index is -0.480. The van der Waals surface area contributed by atoms with Crippen molar-refractivity contribution in [2.45, 2.75) is 6.42 Å². The first-order valence-electron chi connectivity index (χ1n) is 8.41. The lowest BCUT2D eigenvalue weighted by atomic mass is 9.85. The molecule has 2 fully saturated rings. The van der Waals surface area contributed by atoms with Crippen LogP contribution < -0.4 is 5.32 Å². The van der Waals surface area contributed by atoms with Crippen LogP contribution in [0.4, 0.5) is 9.52 Å². The van der Waals surface area contributed by atoms with Gasteiger partial charge in [-0.15, -0.1) is 0 Å². The van der Waals surface area contributed by atoms with Crippen molar-refractivity contribution in [1.82, 2.24) is 9.88 Å². The maximum absolute atomic E-state index is 13.3. The summed E-state index contributed by atoms with van der Waals surface area (Å²) < 4.78 is 13.9. The van der Waals surface area contributed by atoms with Crippen LogP contribution in [0.25, 0.3) is 10.2 Å². The first kappa shape index (κ1) is 15.6. The van der Waals surface area contributed by atoms with Gasteiger partial charge in [-0.2, -0.15) is 0 Å². The van der Waals surface area contributed by atoms with Gasteiger partial charge in [-0.05, 0) is 36.5 Å². The third-order valence-corrected chi connectivity index (χ3v) is 6.39. The summed E-state index contributed by atoms with van der Waals surface area (Å²) in [4.78, 5) is 42.8. The Kier molecular flexibility index (Phi) is 3.27. The fraction of sp³-hybridized carbons (Fsp3) is 0.333. The van der Waals surface area contributed by atoms with Crippen molar-refractivity contribution < 1.29 is 18.8 Å². The van der Waals surface area contributed by atoms with Crippen LogP contribution in [0.2, 0.25) is 0 Å². The normalized spacial score (nSPS) is 29.0. The van der Waals surface area contributed by atoms with Crippen molar-refractivity contribution in [1.29, 1.82) is 0 Å². The van der Waals surface area contributed by atoms with Gasteiger partial charge in [0.15, 0.2) is 5.13 Å². The molecular formula is C18H14FN3O3S. The summed E-state index contributed by atoms with van der Waals surface area (Å²) in [7, 11) is 0. The Balaban J connectivity index is 1.31. The molecule has 0 unspecified atom stereocenters. The SMILES string of the molecule is O=C(CN1C(=O)[C@@H]2[C@H](C1=O)[C@H]1C=C[C@H]2C1)Nc1nc2ccc(F)cc2s1. The molecule has 0 radical (unpaired) electrons. The van der Waals surface area contributed by atoms with Crippen LogP contribution in [0.5, 0.6) is 0 Å². The monoisotopic (exact) mass is 371 g/mol. The Morgan fingerprint density at radius 3 is 2.62 bits per heavy atom. The topological polar surface area (TPSA) is 79.4 Å². The van der Waals surface area contributed by atoms with Crippen LogP contribution in [0.15, 0.2) is 30.4 Å². The summed E-state index contributed by atoms with van der Waals surface area (Å²) in [6, 6.07) is 4.19. The highest BCUT2D eigenvalue weighted by molar-refractivity contribution is 7.22. The molecule has 1 saturated heterocycles. The number of fused-ring (bicyclic) bond motifs is 6. The summed E-state index contributed by atoms with van der Waals surface area (Å²) in [5.41, 5.74) is 0.581. The molecule has 2 aromatic rings. The summed E-state index contributed by atoms with van der Waals surface area (Å²) in [6.45, 7) is -0.311. The van der Waals surface area contributed by atoms with Gasteiger partial charge in [-0.25, -0.2) is 9.37 Å². The minimum Gasteiger partial charge on any atom is -0.300 e. The number of aromatic nitrogens is 1. The van der Waals surface area contributed by atoms with Crippen LogP contribution in [-0.4, -0.2) is 34.2 Å². The number of benzene rings is 1. The van der Waals surface area contributed by atoms with Crippen molar-refractivity contribution >= 4 is 44.4 Å². The van der Waals surface area contributed by atoms with E-state index in [1.165, 1.54) is 18.2 Å². The van der Waals surface area contributed by atoms with E-state index >= 15 is 0 Å². The van der Waals surface area contributed by atoms with E-state index in [1.807, 2.05) is 12.2 Å². The largest absolute Gasteiger partial charge is 0.300 e. The highest BCUT2D eigenvalue weighted by Crippen LogP contribution is 2.52. The van der Waals surface area contributed by atoms with Gasteiger partial charge >= 0.3 is 0 Å². The highest BCUT2D eigenvalue weighted by atomic mass is 32.1. The molecule has 3 aliphatic rings. The number of allylic oxidation sites excluding steroid dienone is 2. The lowest BCUT2D eigenvalue weighted by Crippen LogP contribution is -2.39. The number of halogens is 1. The summed E-state index contributed by atoms with van der Waals surface area (Å²) in [5, 5.41) is 2.92. The molecule has 1 saturated carbocycles. The maximum atomic E-state index is 13.3. The van der Waals surface area contributed by atoms with E-state index < -0.39 is 5.91 Å². The number of imide groups is 1. The van der Waals surface area contributed by atoms with Gasteiger partial charge in [-0.1, -0.05) is 23.5 Å². The van der Waals surface area contributed by atoms with Crippen LogP contribution in [0.3, 0.4) is 0 Å².